The summed E-state index contributed by atoms with van der Waals surface area (Å²) in [4.78, 5) is 0. The minimum atomic E-state index is -1.44. The number of nitrogens with one attached hydrogen (secondary N) is 1. The largest absolute Gasteiger partial charge is 0.378 e. The van der Waals surface area contributed by atoms with Gasteiger partial charge in [-0.1, -0.05) is 44.2 Å². The molecule has 4 heteroatoms. The highest BCUT2D eigenvalue weighted by molar-refractivity contribution is 5.46. The molecule has 2 rings (SSSR count). The van der Waals surface area contributed by atoms with Gasteiger partial charge in [0, 0.05) is 17.8 Å². The average Bonchev–Trinajstić information content (AvgIpc) is 2.44. The van der Waals surface area contributed by atoms with Gasteiger partial charge in [-0.3, -0.25) is 0 Å². The second kappa shape index (κ2) is 6.66. The van der Waals surface area contributed by atoms with Crippen LogP contribution >= 0.6 is 0 Å². The summed E-state index contributed by atoms with van der Waals surface area (Å²) in [5, 5.41) is 3.09. The van der Waals surface area contributed by atoms with Crippen LogP contribution in [0.1, 0.15) is 31.9 Å². The van der Waals surface area contributed by atoms with E-state index in [0.717, 1.165) is 24.1 Å². The Labute approximate surface area is 122 Å². The van der Waals surface area contributed by atoms with Crippen molar-refractivity contribution in [1.29, 1.82) is 0 Å². The number of anilines is 1. The normalized spacial score (nSPS) is 12.5. The highest BCUT2D eigenvalue weighted by Gasteiger charge is 2.16. The van der Waals surface area contributed by atoms with E-state index >= 15 is 0 Å². The maximum absolute atomic E-state index is 13.3. The van der Waals surface area contributed by atoms with Crippen LogP contribution < -0.4 is 5.32 Å². The first-order chi connectivity index (χ1) is 9.97. The summed E-state index contributed by atoms with van der Waals surface area (Å²) in [5.41, 5.74) is 1.26. The molecule has 2 aromatic rings. The van der Waals surface area contributed by atoms with Gasteiger partial charge >= 0.3 is 0 Å². The van der Waals surface area contributed by atoms with Crippen LogP contribution in [0.15, 0.2) is 42.5 Å². The van der Waals surface area contributed by atoms with Crippen LogP contribution in [0, 0.1) is 23.4 Å². The van der Waals surface area contributed by atoms with Crippen molar-refractivity contribution in [1.82, 2.24) is 0 Å². The fourth-order valence-electron chi connectivity index (χ4n) is 2.28. The second-order valence-electron chi connectivity index (χ2n) is 5.49. The molecule has 0 aliphatic heterocycles. The van der Waals surface area contributed by atoms with Gasteiger partial charge < -0.3 is 5.32 Å². The second-order valence-corrected chi connectivity index (χ2v) is 5.49. The molecule has 112 valence electrons. The van der Waals surface area contributed by atoms with E-state index in [1.165, 1.54) is 0 Å². The van der Waals surface area contributed by atoms with Gasteiger partial charge in [-0.05, 0) is 17.9 Å². The van der Waals surface area contributed by atoms with Crippen LogP contribution in [0.3, 0.4) is 0 Å². The third kappa shape index (κ3) is 4.00. The van der Waals surface area contributed by atoms with Gasteiger partial charge in [-0.15, -0.1) is 0 Å². The average molecular weight is 293 g/mol. The van der Waals surface area contributed by atoms with Crippen LogP contribution in [-0.2, 0) is 0 Å². The zero-order valence-corrected chi connectivity index (χ0v) is 12.0. The summed E-state index contributed by atoms with van der Waals surface area (Å²) in [6.07, 6.45) is 0.796. The van der Waals surface area contributed by atoms with E-state index in [2.05, 4.69) is 19.2 Å². The minimum Gasteiger partial charge on any atom is -0.378 e. The lowest BCUT2D eigenvalue weighted by Gasteiger charge is -2.22. The van der Waals surface area contributed by atoms with Crippen LogP contribution in [0.5, 0.6) is 0 Å². The van der Waals surface area contributed by atoms with Crippen molar-refractivity contribution < 1.29 is 13.2 Å². The van der Waals surface area contributed by atoms with Crippen molar-refractivity contribution >= 4 is 5.69 Å². The van der Waals surface area contributed by atoms with E-state index in [1.54, 1.807) is 0 Å². The van der Waals surface area contributed by atoms with E-state index in [4.69, 9.17) is 0 Å². The molecule has 0 aliphatic carbocycles. The first-order valence-corrected chi connectivity index (χ1v) is 6.93. The summed E-state index contributed by atoms with van der Waals surface area (Å²) in [6, 6.07) is 11.5. The Morgan fingerprint density at radius 3 is 2.05 bits per heavy atom. The molecule has 1 unspecified atom stereocenters. The van der Waals surface area contributed by atoms with Crippen LogP contribution in [0.4, 0.5) is 18.9 Å². The number of hydrogen-bond acceptors (Lipinski definition) is 1. The molecule has 0 bridgehead atoms. The maximum Gasteiger partial charge on any atom is 0.194 e. The van der Waals surface area contributed by atoms with Crippen molar-refractivity contribution in [2.24, 2.45) is 5.92 Å². The van der Waals surface area contributed by atoms with E-state index in [-0.39, 0.29) is 11.7 Å². The molecule has 1 nitrogen and oxygen atoms in total. The smallest absolute Gasteiger partial charge is 0.194 e. The Morgan fingerprint density at radius 1 is 0.952 bits per heavy atom. The van der Waals surface area contributed by atoms with Gasteiger partial charge in [-0.25, -0.2) is 13.2 Å². The number of rotatable bonds is 5. The van der Waals surface area contributed by atoms with E-state index < -0.39 is 17.5 Å². The number of halogens is 3. The third-order valence-electron chi connectivity index (χ3n) is 3.23. The minimum absolute atomic E-state index is 0.0875. The van der Waals surface area contributed by atoms with Crippen LogP contribution in [0.2, 0.25) is 0 Å². The molecule has 1 atom stereocenters. The molecule has 0 heterocycles. The number of hydrogen-bond donors (Lipinski definition) is 1. The molecule has 0 radical (unpaired) electrons. The first kappa shape index (κ1) is 15.4. The summed E-state index contributed by atoms with van der Waals surface area (Å²) in [6.45, 7) is 4.15. The molecule has 0 amide bonds. The molecule has 0 fully saturated rings. The zero-order chi connectivity index (χ0) is 15.4. The van der Waals surface area contributed by atoms with E-state index in [9.17, 15) is 13.2 Å². The van der Waals surface area contributed by atoms with Gasteiger partial charge in [0.05, 0.1) is 6.04 Å². The quantitative estimate of drug-likeness (QED) is 0.737. The summed E-state index contributed by atoms with van der Waals surface area (Å²) < 4.78 is 39.6. The monoisotopic (exact) mass is 293 g/mol. The number of benzene rings is 2. The SMILES string of the molecule is CC(C)CC(Nc1cc(F)c(F)c(F)c1)c1ccccc1. The fourth-order valence-corrected chi connectivity index (χ4v) is 2.28. The highest BCUT2D eigenvalue weighted by Crippen LogP contribution is 2.27. The van der Waals surface area contributed by atoms with Crippen molar-refractivity contribution in [2.45, 2.75) is 26.3 Å². The van der Waals surface area contributed by atoms with Crippen LogP contribution in [0.25, 0.3) is 0 Å². The van der Waals surface area contributed by atoms with Gasteiger partial charge in [0.25, 0.3) is 0 Å². The molecule has 0 aromatic heterocycles. The lowest BCUT2D eigenvalue weighted by atomic mass is 9.96. The van der Waals surface area contributed by atoms with Gasteiger partial charge in [-0.2, -0.15) is 0 Å². The molecule has 2 aromatic carbocycles. The van der Waals surface area contributed by atoms with E-state index in [1.807, 2.05) is 30.3 Å². The Hall–Kier alpha value is -1.97. The standard InChI is InChI=1S/C17H18F3N/c1-11(2)8-16(12-6-4-3-5-7-12)21-13-9-14(18)17(20)15(19)10-13/h3-7,9-11,16,21H,8H2,1-2H3. The predicted octanol–water partition coefficient (Wildman–Crippen LogP) is 5.30. The molecule has 0 spiro atoms. The predicted molar refractivity (Wildman–Crippen MR) is 78.6 cm³/mol. The molecule has 21 heavy (non-hydrogen) atoms. The van der Waals surface area contributed by atoms with Crippen LogP contribution in [-0.4, -0.2) is 0 Å². The fraction of sp³-hybridized carbons (Fsp3) is 0.294. The summed E-state index contributed by atoms with van der Waals surface area (Å²) >= 11 is 0. The Kier molecular flexibility index (Phi) is 4.89. The van der Waals surface area contributed by atoms with Gasteiger partial charge in [0.15, 0.2) is 17.5 Å². The molecule has 0 saturated heterocycles. The zero-order valence-electron chi connectivity index (χ0n) is 12.0. The summed E-state index contributed by atoms with van der Waals surface area (Å²) in [5.74, 6) is -3.42. The summed E-state index contributed by atoms with van der Waals surface area (Å²) in [7, 11) is 0. The lowest BCUT2D eigenvalue weighted by Crippen LogP contribution is -2.14. The lowest BCUT2D eigenvalue weighted by molar-refractivity contribution is 0.447. The molecule has 0 saturated carbocycles. The van der Waals surface area contributed by atoms with Crippen molar-refractivity contribution in [3.8, 4) is 0 Å². The van der Waals surface area contributed by atoms with E-state index in [0.29, 0.717) is 5.92 Å². The molecule has 0 aliphatic rings. The third-order valence-corrected chi connectivity index (χ3v) is 3.23. The topological polar surface area (TPSA) is 12.0 Å². The molecular formula is C17H18F3N. The van der Waals surface area contributed by atoms with Gasteiger partial charge in [0.2, 0.25) is 0 Å². The Bertz CT molecular complexity index is 573. The Balaban J connectivity index is 2.27. The molecular weight excluding hydrogens is 275 g/mol. The van der Waals surface area contributed by atoms with Crippen molar-refractivity contribution in [2.75, 3.05) is 5.32 Å². The van der Waals surface area contributed by atoms with Crippen molar-refractivity contribution in [3.63, 3.8) is 0 Å². The maximum atomic E-state index is 13.3. The molecule has 1 N–H and O–H groups in total. The highest BCUT2D eigenvalue weighted by atomic mass is 19.2. The van der Waals surface area contributed by atoms with Crippen molar-refractivity contribution in [3.05, 3.63) is 65.5 Å². The van der Waals surface area contributed by atoms with Gasteiger partial charge in [0.1, 0.15) is 0 Å². The Morgan fingerprint density at radius 2 is 1.52 bits per heavy atom. The first-order valence-electron chi connectivity index (χ1n) is 6.93.